The van der Waals surface area contributed by atoms with Crippen molar-refractivity contribution in [2.75, 3.05) is 0 Å². The second-order valence-electron chi connectivity index (χ2n) is 8.51. The van der Waals surface area contributed by atoms with Crippen LogP contribution in [0.2, 0.25) is 0 Å². The van der Waals surface area contributed by atoms with Crippen LogP contribution in [0.25, 0.3) is 0 Å². The van der Waals surface area contributed by atoms with Gasteiger partial charge < -0.3 is 31.9 Å². The van der Waals surface area contributed by atoms with Gasteiger partial charge in [0.2, 0.25) is 17.7 Å². The first-order valence-corrected chi connectivity index (χ1v) is 10.9. The Bertz CT molecular complexity index is 683. The van der Waals surface area contributed by atoms with Gasteiger partial charge in [0, 0.05) is 0 Å². The number of carboxylic acid groups (broad SMARTS) is 2. The molecule has 0 rings (SSSR count). The van der Waals surface area contributed by atoms with Crippen molar-refractivity contribution in [1.29, 1.82) is 0 Å². The summed E-state index contributed by atoms with van der Waals surface area (Å²) in [6.07, 6.45) is 0.359. The first-order valence-electron chi connectivity index (χ1n) is 10.9. The maximum absolute atomic E-state index is 13.0. The molecule has 0 bridgehead atoms. The minimum Gasteiger partial charge on any atom is -0.481 e. The Morgan fingerprint density at radius 1 is 0.750 bits per heavy atom. The third-order valence-corrected chi connectivity index (χ3v) is 5.59. The summed E-state index contributed by atoms with van der Waals surface area (Å²) in [6, 6.07) is -4.52. The van der Waals surface area contributed by atoms with E-state index in [1.165, 1.54) is 0 Å². The van der Waals surface area contributed by atoms with Gasteiger partial charge in [-0.1, -0.05) is 54.4 Å². The molecule has 0 aromatic heterocycles. The molecule has 0 aliphatic rings. The normalized spacial score (nSPS) is 16.8. The van der Waals surface area contributed by atoms with E-state index in [1.807, 2.05) is 13.8 Å². The summed E-state index contributed by atoms with van der Waals surface area (Å²) in [7, 11) is 0. The van der Waals surface area contributed by atoms with Crippen LogP contribution in [0.5, 0.6) is 0 Å². The molecule has 0 saturated heterocycles. The fraction of sp³-hybridized carbons (Fsp3) is 0.762. The predicted octanol–water partition coefficient (Wildman–Crippen LogP) is 0.0756. The number of carbonyl (C=O) groups is 5. The van der Waals surface area contributed by atoms with Crippen molar-refractivity contribution < 1.29 is 34.2 Å². The number of aliphatic carboxylic acids is 2. The van der Waals surface area contributed by atoms with E-state index in [0.29, 0.717) is 12.8 Å². The lowest BCUT2D eigenvalue weighted by atomic mass is 9.95. The molecule has 6 unspecified atom stereocenters. The van der Waals surface area contributed by atoms with E-state index in [4.69, 9.17) is 10.8 Å². The van der Waals surface area contributed by atoms with Gasteiger partial charge in [0.25, 0.3) is 0 Å². The highest BCUT2D eigenvalue weighted by molar-refractivity contribution is 5.94. The van der Waals surface area contributed by atoms with Crippen LogP contribution in [0.15, 0.2) is 0 Å². The standard InChI is InChI=1S/C21H38N4O7/c1-7-11(5)15(22)18(28)24-16(10(3)4)19(29)25-17(12(6)8-2)20(30)23-13(21(31)32)9-14(26)27/h10-13,15-17H,7-9,22H2,1-6H3,(H,23,30)(H,24,28)(H,25,29)(H,26,27)(H,31,32). The van der Waals surface area contributed by atoms with E-state index >= 15 is 0 Å². The van der Waals surface area contributed by atoms with Crippen molar-refractivity contribution in [3.8, 4) is 0 Å². The molecule has 0 aliphatic carbocycles. The number of amides is 3. The van der Waals surface area contributed by atoms with Gasteiger partial charge in [0.15, 0.2) is 0 Å². The predicted molar refractivity (Wildman–Crippen MR) is 117 cm³/mol. The Kier molecular flexibility index (Phi) is 12.5. The Morgan fingerprint density at radius 3 is 1.62 bits per heavy atom. The molecule has 7 N–H and O–H groups in total. The van der Waals surface area contributed by atoms with Gasteiger partial charge >= 0.3 is 11.9 Å². The van der Waals surface area contributed by atoms with Gasteiger partial charge in [-0.05, 0) is 17.8 Å². The Hall–Kier alpha value is -2.69. The maximum Gasteiger partial charge on any atom is 0.326 e. The average Bonchev–Trinajstić information content (AvgIpc) is 2.72. The molecule has 3 amide bonds. The first kappa shape index (κ1) is 29.3. The van der Waals surface area contributed by atoms with Crippen LogP contribution < -0.4 is 21.7 Å². The molecular weight excluding hydrogens is 420 g/mol. The third kappa shape index (κ3) is 9.21. The van der Waals surface area contributed by atoms with Crippen molar-refractivity contribution in [2.45, 2.75) is 85.0 Å². The third-order valence-electron chi connectivity index (χ3n) is 5.59. The number of carboxylic acids is 2. The summed E-state index contributed by atoms with van der Waals surface area (Å²) in [6.45, 7) is 10.7. The number of hydrogen-bond acceptors (Lipinski definition) is 6. The highest BCUT2D eigenvalue weighted by atomic mass is 16.4. The van der Waals surface area contributed by atoms with E-state index < -0.39 is 60.2 Å². The molecule has 0 aromatic rings. The number of carbonyl (C=O) groups excluding carboxylic acids is 3. The summed E-state index contributed by atoms with van der Waals surface area (Å²) >= 11 is 0. The lowest BCUT2D eigenvalue weighted by molar-refractivity contribution is -0.147. The summed E-state index contributed by atoms with van der Waals surface area (Å²) in [5, 5.41) is 25.5. The average molecular weight is 459 g/mol. The van der Waals surface area contributed by atoms with Crippen molar-refractivity contribution in [3.63, 3.8) is 0 Å². The van der Waals surface area contributed by atoms with Crippen LogP contribution in [0.3, 0.4) is 0 Å². The van der Waals surface area contributed by atoms with Gasteiger partial charge in [-0.3, -0.25) is 19.2 Å². The first-order chi connectivity index (χ1) is 14.8. The number of nitrogens with two attached hydrogens (primary N) is 1. The van der Waals surface area contributed by atoms with Crippen LogP contribution in [-0.4, -0.2) is 64.0 Å². The highest BCUT2D eigenvalue weighted by Crippen LogP contribution is 2.12. The molecule has 0 heterocycles. The van der Waals surface area contributed by atoms with E-state index in [9.17, 15) is 29.1 Å². The van der Waals surface area contributed by atoms with Gasteiger partial charge in [-0.25, -0.2) is 4.79 Å². The Balaban J connectivity index is 5.54. The molecule has 0 aliphatic heterocycles. The van der Waals surface area contributed by atoms with E-state index in [0.717, 1.165) is 0 Å². The molecule has 0 saturated carbocycles. The molecule has 0 fully saturated rings. The molecule has 6 atom stereocenters. The largest absolute Gasteiger partial charge is 0.481 e. The van der Waals surface area contributed by atoms with Crippen molar-refractivity contribution in [1.82, 2.24) is 16.0 Å². The van der Waals surface area contributed by atoms with Crippen LogP contribution in [0.1, 0.15) is 60.8 Å². The zero-order valence-corrected chi connectivity index (χ0v) is 19.7. The zero-order valence-electron chi connectivity index (χ0n) is 19.7. The zero-order chi connectivity index (χ0) is 25.2. The van der Waals surface area contributed by atoms with Crippen LogP contribution in [-0.2, 0) is 24.0 Å². The lowest BCUT2D eigenvalue weighted by Gasteiger charge is -2.29. The highest BCUT2D eigenvalue weighted by Gasteiger charge is 2.34. The molecule has 184 valence electrons. The molecular formula is C21H38N4O7. The smallest absolute Gasteiger partial charge is 0.326 e. The Labute approximate surface area is 188 Å². The minimum atomic E-state index is -1.64. The fourth-order valence-electron chi connectivity index (χ4n) is 2.88. The van der Waals surface area contributed by atoms with E-state index in [1.54, 1.807) is 27.7 Å². The fourth-order valence-corrected chi connectivity index (χ4v) is 2.88. The van der Waals surface area contributed by atoms with Crippen LogP contribution in [0, 0.1) is 17.8 Å². The summed E-state index contributed by atoms with van der Waals surface area (Å²) < 4.78 is 0. The van der Waals surface area contributed by atoms with Crippen LogP contribution in [0.4, 0.5) is 0 Å². The molecule has 0 radical (unpaired) electrons. The minimum absolute atomic E-state index is 0.0910. The van der Waals surface area contributed by atoms with E-state index in [-0.39, 0.29) is 17.8 Å². The van der Waals surface area contributed by atoms with Crippen LogP contribution >= 0.6 is 0 Å². The number of nitrogens with one attached hydrogen (secondary N) is 3. The second kappa shape index (κ2) is 13.7. The second-order valence-corrected chi connectivity index (χ2v) is 8.51. The van der Waals surface area contributed by atoms with Crippen molar-refractivity contribution in [3.05, 3.63) is 0 Å². The van der Waals surface area contributed by atoms with E-state index in [2.05, 4.69) is 16.0 Å². The molecule has 11 nitrogen and oxygen atoms in total. The SMILES string of the molecule is CCC(C)C(N)C(=O)NC(C(=O)NC(C(=O)NC(CC(=O)O)C(=O)O)C(C)CC)C(C)C. The monoisotopic (exact) mass is 458 g/mol. The van der Waals surface area contributed by atoms with Gasteiger partial charge in [0.1, 0.15) is 18.1 Å². The van der Waals surface area contributed by atoms with Gasteiger partial charge in [0.05, 0.1) is 12.5 Å². The molecule has 0 spiro atoms. The quantitative estimate of drug-likeness (QED) is 0.211. The van der Waals surface area contributed by atoms with Crippen molar-refractivity contribution in [2.24, 2.45) is 23.5 Å². The molecule has 11 heteroatoms. The van der Waals surface area contributed by atoms with Gasteiger partial charge in [-0.2, -0.15) is 0 Å². The summed E-state index contributed by atoms with van der Waals surface area (Å²) in [5.74, 6) is -5.59. The maximum atomic E-state index is 13.0. The molecule has 32 heavy (non-hydrogen) atoms. The number of hydrogen-bond donors (Lipinski definition) is 6. The van der Waals surface area contributed by atoms with Crippen molar-refractivity contribution >= 4 is 29.7 Å². The molecule has 0 aromatic carbocycles. The topological polar surface area (TPSA) is 188 Å². The summed E-state index contributed by atoms with van der Waals surface area (Å²) in [4.78, 5) is 60.4. The number of rotatable bonds is 14. The Morgan fingerprint density at radius 2 is 1.22 bits per heavy atom. The van der Waals surface area contributed by atoms with Gasteiger partial charge in [-0.15, -0.1) is 0 Å². The summed E-state index contributed by atoms with van der Waals surface area (Å²) in [5.41, 5.74) is 5.95. The lowest BCUT2D eigenvalue weighted by Crippen LogP contribution is -2.60.